The predicted octanol–water partition coefficient (Wildman–Crippen LogP) is 1.95. The van der Waals surface area contributed by atoms with E-state index in [2.05, 4.69) is 27.4 Å². The minimum Gasteiger partial charge on any atom is -0.357 e. The smallest absolute Gasteiger partial charge is 0.215 e. The summed E-state index contributed by atoms with van der Waals surface area (Å²) in [5.74, 6) is 1.65. The van der Waals surface area contributed by atoms with Gasteiger partial charge in [0.1, 0.15) is 0 Å². The minimum atomic E-state index is -3.20. The standard InChI is InChI=1S/C18H39N5O2S.HI/c1-5-19-18(21-12-16-26(24,25)23(6-2)7-3)20-11-8-13-22-14-9-17(4)10-15-22;/h17H,5-16H2,1-4H3,(H2,19,20,21);1H. The Morgan fingerprint density at radius 1 is 1.15 bits per heavy atom. The van der Waals surface area contributed by atoms with E-state index in [1.165, 1.54) is 30.2 Å². The summed E-state index contributed by atoms with van der Waals surface area (Å²) in [6.45, 7) is 14.5. The van der Waals surface area contributed by atoms with Crippen LogP contribution in [0.5, 0.6) is 0 Å². The Hall–Kier alpha value is -0.130. The molecule has 2 N–H and O–H groups in total. The first-order chi connectivity index (χ1) is 12.4. The molecule has 0 bridgehead atoms. The summed E-state index contributed by atoms with van der Waals surface area (Å²) < 4.78 is 25.9. The van der Waals surface area contributed by atoms with Gasteiger partial charge in [-0.3, -0.25) is 4.99 Å². The highest BCUT2D eigenvalue weighted by atomic mass is 127. The lowest BCUT2D eigenvalue weighted by atomic mass is 9.99. The maximum atomic E-state index is 12.2. The van der Waals surface area contributed by atoms with Gasteiger partial charge >= 0.3 is 0 Å². The van der Waals surface area contributed by atoms with Crippen molar-refractivity contribution in [3.8, 4) is 0 Å². The van der Waals surface area contributed by atoms with Gasteiger partial charge in [-0.1, -0.05) is 20.8 Å². The molecule has 0 spiro atoms. The molecule has 7 nitrogen and oxygen atoms in total. The van der Waals surface area contributed by atoms with Crippen molar-refractivity contribution in [1.29, 1.82) is 0 Å². The summed E-state index contributed by atoms with van der Waals surface area (Å²) in [7, 11) is -3.20. The fraction of sp³-hybridized carbons (Fsp3) is 0.944. The van der Waals surface area contributed by atoms with Crippen molar-refractivity contribution in [2.24, 2.45) is 10.9 Å². The first kappa shape index (κ1) is 26.9. The molecule has 1 fully saturated rings. The van der Waals surface area contributed by atoms with E-state index in [0.717, 1.165) is 32.0 Å². The third-order valence-electron chi connectivity index (χ3n) is 4.87. The number of nitrogens with one attached hydrogen (secondary N) is 2. The first-order valence-electron chi connectivity index (χ1n) is 10.1. The van der Waals surface area contributed by atoms with E-state index in [1.54, 1.807) is 0 Å². The maximum Gasteiger partial charge on any atom is 0.215 e. The molecule has 9 heteroatoms. The Bertz CT molecular complexity index is 504. The van der Waals surface area contributed by atoms with E-state index in [9.17, 15) is 8.42 Å². The van der Waals surface area contributed by atoms with Crippen LogP contribution in [0.2, 0.25) is 0 Å². The van der Waals surface area contributed by atoms with Gasteiger partial charge in [-0.15, -0.1) is 24.0 Å². The number of guanidine groups is 1. The Kier molecular flexibility index (Phi) is 14.7. The van der Waals surface area contributed by atoms with Gasteiger partial charge in [0.05, 0.1) is 5.75 Å². The fourth-order valence-electron chi connectivity index (χ4n) is 3.16. The van der Waals surface area contributed by atoms with Crippen molar-refractivity contribution in [1.82, 2.24) is 19.8 Å². The normalized spacial score (nSPS) is 17.0. The van der Waals surface area contributed by atoms with Gasteiger partial charge in [0.2, 0.25) is 10.0 Å². The number of aliphatic imine (C=N–C) groups is 1. The molecule has 27 heavy (non-hydrogen) atoms. The second-order valence-electron chi connectivity index (χ2n) is 6.97. The average molecular weight is 518 g/mol. The quantitative estimate of drug-likeness (QED) is 0.190. The first-order valence-corrected chi connectivity index (χ1v) is 11.8. The summed E-state index contributed by atoms with van der Waals surface area (Å²) in [5, 5.41) is 6.33. The third kappa shape index (κ3) is 10.8. The Morgan fingerprint density at radius 2 is 1.78 bits per heavy atom. The van der Waals surface area contributed by atoms with Crippen LogP contribution in [0.15, 0.2) is 4.99 Å². The lowest BCUT2D eigenvalue weighted by molar-refractivity contribution is 0.192. The molecule has 1 rings (SSSR count). The molecule has 0 radical (unpaired) electrons. The predicted molar refractivity (Wildman–Crippen MR) is 126 cm³/mol. The number of rotatable bonds is 11. The monoisotopic (exact) mass is 517 g/mol. The van der Waals surface area contributed by atoms with E-state index < -0.39 is 10.0 Å². The van der Waals surface area contributed by atoms with E-state index in [-0.39, 0.29) is 29.7 Å². The number of nitrogens with zero attached hydrogens (tertiary/aromatic N) is 3. The zero-order valence-electron chi connectivity index (χ0n) is 17.5. The molecule has 0 aromatic carbocycles. The van der Waals surface area contributed by atoms with Crippen LogP contribution in [0.3, 0.4) is 0 Å². The van der Waals surface area contributed by atoms with E-state index >= 15 is 0 Å². The maximum absolute atomic E-state index is 12.2. The highest BCUT2D eigenvalue weighted by Crippen LogP contribution is 2.15. The third-order valence-corrected chi connectivity index (χ3v) is 6.90. The van der Waals surface area contributed by atoms with Crippen LogP contribution in [0.4, 0.5) is 0 Å². The average Bonchev–Trinajstić information content (AvgIpc) is 2.60. The summed E-state index contributed by atoms with van der Waals surface area (Å²) in [6, 6.07) is 0. The van der Waals surface area contributed by atoms with Gasteiger partial charge in [-0.25, -0.2) is 12.7 Å². The summed E-state index contributed by atoms with van der Waals surface area (Å²) in [5.41, 5.74) is 0. The SMILES string of the molecule is CCNC(=NCCCN1CCC(C)CC1)NCCS(=O)(=O)N(CC)CC.I. The second-order valence-corrected chi connectivity index (χ2v) is 9.05. The molecule has 0 saturated carbocycles. The van der Waals surface area contributed by atoms with Crippen molar-refractivity contribution >= 4 is 40.0 Å². The van der Waals surface area contributed by atoms with E-state index in [4.69, 9.17) is 0 Å². The van der Waals surface area contributed by atoms with Crippen LogP contribution in [0.1, 0.15) is 47.0 Å². The van der Waals surface area contributed by atoms with Crippen LogP contribution in [-0.2, 0) is 10.0 Å². The van der Waals surface area contributed by atoms with Crippen molar-refractivity contribution in [3.05, 3.63) is 0 Å². The molecule has 0 unspecified atom stereocenters. The molecule has 0 aliphatic carbocycles. The zero-order valence-corrected chi connectivity index (χ0v) is 20.7. The Labute approximate surface area is 183 Å². The number of hydrogen-bond donors (Lipinski definition) is 2. The molecule has 0 aromatic heterocycles. The number of hydrogen-bond acceptors (Lipinski definition) is 4. The number of halogens is 1. The molecular formula is C18H40IN5O2S. The largest absolute Gasteiger partial charge is 0.357 e. The second kappa shape index (κ2) is 14.8. The molecule has 1 aliphatic rings. The van der Waals surface area contributed by atoms with Crippen molar-refractivity contribution in [2.45, 2.75) is 47.0 Å². The van der Waals surface area contributed by atoms with Gasteiger partial charge < -0.3 is 15.5 Å². The Morgan fingerprint density at radius 3 is 2.33 bits per heavy atom. The summed E-state index contributed by atoms with van der Waals surface area (Å²) in [4.78, 5) is 7.10. The number of likely N-dealkylation sites (tertiary alicyclic amines) is 1. The van der Waals surface area contributed by atoms with Crippen LogP contribution in [-0.4, -0.2) is 81.7 Å². The molecule has 1 heterocycles. The van der Waals surface area contributed by atoms with Crippen LogP contribution in [0.25, 0.3) is 0 Å². The zero-order chi connectivity index (χ0) is 19.4. The lowest BCUT2D eigenvalue weighted by Crippen LogP contribution is -2.42. The van der Waals surface area contributed by atoms with E-state index in [0.29, 0.717) is 25.6 Å². The highest BCUT2D eigenvalue weighted by molar-refractivity contribution is 14.0. The molecular weight excluding hydrogens is 477 g/mol. The van der Waals surface area contributed by atoms with Gasteiger partial charge in [-0.2, -0.15) is 0 Å². The van der Waals surface area contributed by atoms with Crippen molar-refractivity contribution < 1.29 is 8.42 Å². The van der Waals surface area contributed by atoms with Gasteiger partial charge in [0, 0.05) is 32.7 Å². The summed E-state index contributed by atoms with van der Waals surface area (Å²) in [6.07, 6.45) is 3.63. The molecule has 0 aromatic rings. The Balaban J connectivity index is 0.00000676. The molecule has 162 valence electrons. The van der Waals surface area contributed by atoms with E-state index in [1.807, 2.05) is 20.8 Å². The number of piperidine rings is 1. The lowest BCUT2D eigenvalue weighted by Gasteiger charge is -2.29. The topological polar surface area (TPSA) is 77.0 Å². The highest BCUT2D eigenvalue weighted by Gasteiger charge is 2.18. The number of sulfonamides is 1. The molecule has 0 amide bonds. The van der Waals surface area contributed by atoms with Crippen LogP contribution < -0.4 is 10.6 Å². The van der Waals surface area contributed by atoms with Crippen LogP contribution in [0, 0.1) is 5.92 Å². The van der Waals surface area contributed by atoms with Crippen molar-refractivity contribution in [3.63, 3.8) is 0 Å². The van der Waals surface area contributed by atoms with Gasteiger partial charge in [0.15, 0.2) is 5.96 Å². The molecule has 0 atom stereocenters. The molecule has 1 aliphatic heterocycles. The van der Waals surface area contributed by atoms with Gasteiger partial charge in [0.25, 0.3) is 0 Å². The molecule has 1 saturated heterocycles. The minimum absolute atomic E-state index is 0. The van der Waals surface area contributed by atoms with Gasteiger partial charge in [-0.05, 0) is 51.7 Å². The van der Waals surface area contributed by atoms with Crippen molar-refractivity contribution in [2.75, 3.05) is 58.1 Å². The fourth-order valence-corrected chi connectivity index (χ4v) is 4.56. The summed E-state index contributed by atoms with van der Waals surface area (Å²) >= 11 is 0. The van der Waals surface area contributed by atoms with Crippen LogP contribution >= 0.6 is 24.0 Å².